The normalized spacial score (nSPS) is 23.8. The first kappa shape index (κ1) is 13.8. The minimum absolute atomic E-state index is 0.0524. The maximum atomic E-state index is 12.0. The summed E-state index contributed by atoms with van der Waals surface area (Å²) in [5.74, 6) is -0.816. The zero-order chi connectivity index (χ0) is 13.1. The Morgan fingerprint density at radius 2 is 2.12 bits per heavy atom. The Kier molecular flexibility index (Phi) is 4.37. The summed E-state index contributed by atoms with van der Waals surface area (Å²) < 4.78 is 0. The Bertz CT molecular complexity index is 306. The Labute approximate surface area is 102 Å². The van der Waals surface area contributed by atoms with E-state index in [-0.39, 0.29) is 6.03 Å². The summed E-state index contributed by atoms with van der Waals surface area (Å²) in [6, 6.07) is -0.0524. The minimum atomic E-state index is -0.816. The molecule has 1 saturated heterocycles. The van der Waals surface area contributed by atoms with Crippen molar-refractivity contribution < 1.29 is 14.7 Å². The Morgan fingerprint density at radius 3 is 2.59 bits per heavy atom. The van der Waals surface area contributed by atoms with Gasteiger partial charge >= 0.3 is 12.0 Å². The molecule has 0 aromatic carbocycles. The molecule has 17 heavy (non-hydrogen) atoms. The van der Waals surface area contributed by atoms with E-state index >= 15 is 0 Å². The number of carboxylic acids is 1. The fraction of sp³-hybridized carbons (Fsp3) is 0.833. The summed E-state index contributed by atoms with van der Waals surface area (Å²) >= 11 is 0. The van der Waals surface area contributed by atoms with Crippen molar-refractivity contribution >= 4 is 12.0 Å². The van der Waals surface area contributed by atoms with Gasteiger partial charge in [0.2, 0.25) is 0 Å². The highest BCUT2D eigenvalue weighted by molar-refractivity contribution is 5.79. The highest BCUT2D eigenvalue weighted by atomic mass is 16.4. The molecule has 1 rings (SSSR count). The van der Waals surface area contributed by atoms with Gasteiger partial charge in [-0.15, -0.1) is 0 Å². The van der Waals surface area contributed by atoms with Gasteiger partial charge in [-0.05, 0) is 19.8 Å². The first-order chi connectivity index (χ1) is 7.90. The number of urea groups is 1. The van der Waals surface area contributed by atoms with Crippen LogP contribution in [0.5, 0.6) is 0 Å². The third-order valence-corrected chi connectivity index (χ3v) is 3.43. The molecule has 98 valence electrons. The smallest absolute Gasteiger partial charge is 0.319 e. The standard InChI is InChI=1S/C12H22N2O3/c1-4-5-7-13(3)11(17)14-8-6-12(2,9-14)10(15)16/h4-9H2,1-3H3,(H,15,16). The molecule has 1 heterocycles. The van der Waals surface area contributed by atoms with E-state index in [1.54, 1.807) is 23.8 Å². The number of carbonyl (C=O) groups is 2. The van der Waals surface area contributed by atoms with Gasteiger partial charge in [0, 0.05) is 26.7 Å². The zero-order valence-corrected chi connectivity index (χ0v) is 10.9. The maximum Gasteiger partial charge on any atom is 0.319 e. The molecule has 2 amide bonds. The lowest BCUT2D eigenvalue weighted by Gasteiger charge is -2.25. The predicted octanol–water partition coefficient (Wildman–Crippen LogP) is 1.63. The van der Waals surface area contributed by atoms with E-state index in [1.165, 1.54) is 0 Å². The Morgan fingerprint density at radius 1 is 1.47 bits per heavy atom. The number of carbonyl (C=O) groups excluding carboxylic acids is 1. The van der Waals surface area contributed by atoms with Gasteiger partial charge < -0.3 is 14.9 Å². The summed E-state index contributed by atoms with van der Waals surface area (Å²) in [5.41, 5.74) is -0.777. The van der Waals surface area contributed by atoms with E-state index in [0.717, 1.165) is 19.4 Å². The van der Waals surface area contributed by atoms with Gasteiger partial charge in [-0.25, -0.2) is 4.79 Å². The molecule has 1 fully saturated rings. The van der Waals surface area contributed by atoms with Crippen molar-refractivity contribution in [1.82, 2.24) is 9.80 Å². The number of nitrogens with zero attached hydrogens (tertiary/aromatic N) is 2. The molecular weight excluding hydrogens is 220 g/mol. The van der Waals surface area contributed by atoms with Crippen LogP contribution in [0.4, 0.5) is 4.79 Å². The predicted molar refractivity (Wildman–Crippen MR) is 64.9 cm³/mol. The van der Waals surface area contributed by atoms with Crippen LogP contribution in [0.1, 0.15) is 33.1 Å². The fourth-order valence-electron chi connectivity index (χ4n) is 2.03. The number of aliphatic carboxylic acids is 1. The van der Waals surface area contributed by atoms with Gasteiger partial charge in [-0.3, -0.25) is 4.79 Å². The van der Waals surface area contributed by atoms with Crippen molar-refractivity contribution in [3.8, 4) is 0 Å². The van der Waals surface area contributed by atoms with Gasteiger partial charge in [0.05, 0.1) is 5.41 Å². The number of hydrogen-bond donors (Lipinski definition) is 1. The van der Waals surface area contributed by atoms with E-state index in [9.17, 15) is 9.59 Å². The molecular formula is C12H22N2O3. The number of carboxylic acid groups (broad SMARTS) is 1. The molecule has 1 aliphatic rings. The summed E-state index contributed by atoms with van der Waals surface area (Å²) in [4.78, 5) is 26.4. The minimum Gasteiger partial charge on any atom is -0.481 e. The molecule has 5 nitrogen and oxygen atoms in total. The summed E-state index contributed by atoms with van der Waals surface area (Å²) in [5, 5.41) is 9.10. The average Bonchev–Trinajstić information content (AvgIpc) is 2.69. The van der Waals surface area contributed by atoms with E-state index in [0.29, 0.717) is 19.5 Å². The lowest BCUT2D eigenvalue weighted by molar-refractivity contribution is -0.147. The lowest BCUT2D eigenvalue weighted by Crippen LogP contribution is -2.42. The molecule has 0 bridgehead atoms. The van der Waals surface area contributed by atoms with E-state index in [2.05, 4.69) is 6.92 Å². The fourth-order valence-corrected chi connectivity index (χ4v) is 2.03. The van der Waals surface area contributed by atoms with Crippen molar-refractivity contribution in [2.24, 2.45) is 5.41 Å². The van der Waals surface area contributed by atoms with Gasteiger partial charge in [0.1, 0.15) is 0 Å². The van der Waals surface area contributed by atoms with Crippen LogP contribution >= 0.6 is 0 Å². The molecule has 0 aromatic heterocycles. The van der Waals surface area contributed by atoms with Crippen LogP contribution in [0, 0.1) is 5.41 Å². The molecule has 1 atom stereocenters. The van der Waals surface area contributed by atoms with Gasteiger partial charge in [-0.1, -0.05) is 13.3 Å². The Balaban J connectivity index is 2.53. The number of unbranched alkanes of at least 4 members (excludes halogenated alkanes) is 1. The van der Waals surface area contributed by atoms with Crippen molar-refractivity contribution in [2.75, 3.05) is 26.7 Å². The highest BCUT2D eigenvalue weighted by Gasteiger charge is 2.42. The molecule has 0 saturated carbocycles. The highest BCUT2D eigenvalue weighted by Crippen LogP contribution is 2.30. The second kappa shape index (κ2) is 5.38. The van der Waals surface area contributed by atoms with Crippen LogP contribution in [0.3, 0.4) is 0 Å². The first-order valence-electron chi connectivity index (χ1n) is 6.14. The third kappa shape index (κ3) is 3.11. The van der Waals surface area contributed by atoms with Crippen molar-refractivity contribution in [2.45, 2.75) is 33.1 Å². The van der Waals surface area contributed by atoms with E-state index in [1.807, 2.05) is 0 Å². The van der Waals surface area contributed by atoms with Crippen molar-refractivity contribution in [3.05, 3.63) is 0 Å². The van der Waals surface area contributed by atoms with Gasteiger partial charge in [-0.2, -0.15) is 0 Å². The molecule has 0 spiro atoms. The Hall–Kier alpha value is -1.26. The molecule has 0 aliphatic carbocycles. The second-order valence-corrected chi connectivity index (χ2v) is 5.10. The quantitative estimate of drug-likeness (QED) is 0.815. The maximum absolute atomic E-state index is 12.0. The van der Waals surface area contributed by atoms with E-state index in [4.69, 9.17) is 5.11 Å². The van der Waals surface area contributed by atoms with Gasteiger partial charge in [0.25, 0.3) is 0 Å². The number of rotatable bonds is 4. The number of hydrogen-bond acceptors (Lipinski definition) is 2. The zero-order valence-electron chi connectivity index (χ0n) is 10.9. The monoisotopic (exact) mass is 242 g/mol. The van der Waals surface area contributed by atoms with Crippen LogP contribution < -0.4 is 0 Å². The van der Waals surface area contributed by atoms with Crippen LogP contribution in [0.15, 0.2) is 0 Å². The number of likely N-dealkylation sites (tertiary alicyclic amines) is 1. The third-order valence-electron chi connectivity index (χ3n) is 3.43. The summed E-state index contributed by atoms with van der Waals surface area (Å²) in [6.45, 7) is 5.37. The van der Waals surface area contributed by atoms with Crippen molar-refractivity contribution in [3.63, 3.8) is 0 Å². The SMILES string of the molecule is CCCCN(C)C(=O)N1CCC(C)(C(=O)O)C1. The van der Waals surface area contributed by atoms with Crippen LogP contribution in [-0.4, -0.2) is 53.6 Å². The molecule has 1 unspecified atom stereocenters. The summed E-state index contributed by atoms with van der Waals surface area (Å²) in [6.07, 6.45) is 2.56. The number of amides is 2. The molecule has 5 heteroatoms. The van der Waals surface area contributed by atoms with Gasteiger partial charge in [0.15, 0.2) is 0 Å². The van der Waals surface area contributed by atoms with Crippen molar-refractivity contribution in [1.29, 1.82) is 0 Å². The molecule has 0 aromatic rings. The van der Waals surface area contributed by atoms with Crippen LogP contribution in [-0.2, 0) is 4.79 Å². The molecule has 0 radical (unpaired) electrons. The first-order valence-corrected chi connectivity index (χ1v) is 6.14. The average molecular weight is 242 g/mol. The molecule has 1 N–H and O–H groups in total. The lowest BCUT2D eigenvalue weighted by atomic mass is 9.90. The second-order valence-electron chi connectivity index (χ2n) is 5.10. The molecule has 1 aliphatic heterocycles. The topological polar surface area (TPSA) is 60.9 Å². The van der Waals surface area contributed by atoms with E-state index < -0.39 is 11.4 Å². The summed E-state index contributed by atoms with van der Waals surface area (Å²) in [7, 11) is 1.77. The van der Waals surface area contributed by atoms with Crippen LogP contribution in [0.25, 0.3) is 0 Å². The largest absolute Gasteiger partial charge is 0.481 e. The van der Waals surface area contributed by atoms with Crippen LogP contribution in [0.2, 0.25) is 0 Å².